The van der Waals surface area contributed by atoms with Gasteiger partial charge in [-0.15, -0.1) is 0 Å². The molecule has 0 radical (unpaired) electrons. The molecule has 0 aliphatic heterocycles. The van der Waals surface area contributed by atoms with Crippen molar-refractivity contribution in [2.24, 2.45) is 0 Å². The van der Waals surface area contributed by atoms with E-state index in [0.717, 1.165) is 17.4 Å². The fourth-order valence-electron chi connectivity index (χ4n) is 5.48. The minimum absolute atomic E-state index is 0.387. The van der Waals surface area contributed by atoms with Crippen LogP contribution in [-0.4, -0.2) is 8.07 Å². The van der Waals surface area contributed by atoms with E-state index < -0.39 is 8.07 Å². The Hall–Kier alpha value is -1.34. The predicted molar refractivity (Wildman–Crippen MR) is 102 cm³/mol. The van der Waals surface area contributed by atoms with Gasteiger partial charge in [-0.05, 0) is 46.4 Å². The highest BCUT2D eigenvalue weighted by Crippen LogP contribution is 2.64. The largest absolute Gasteiger partial charge is 0.0926 e. The number of rotatable bonds is 2. The standard InChI is InChI=1S/C22H28Si/c1-22(2,3)23(4,17-10-6-5-7-11-17)21-15-16-14-20(21)19-13-9-8-12-18(16)19/h5-13,16,20-21H,14-15H2,1-4H3/t16-,20-,21+,23-/m0/s1. The molecular weight excluding hydrogens is 292 g/mol. The van der Waals surface area contributed by atoms with Gasteiger partial charge in [-0.2, -0.15) is 0 Å². The summed E-state index contributed by atoms with van der Waals surface area (Å²) in [7, 11) is -1.62. The molecule has 2 aliphatic carbocycles. The van der Waals surface area contributed by atoms with Crippen LogP contribution in [0.4, 0.5) is 0 Å². The van der Waals surface area contributed by atoms with Gasteiger partial charge in [-0.25, -0.2) is 0 Å². The summed E-state index contributed by atoms with van der Waals surface area (Å²) in [4.78, 5) is 0. The highest BCUT2D eigenvalue weighted by atomic mass is 28.3. The van der Waals surface area contributed by atoms with Crippen molar-refractivity contribution >= 4 is 13.3 Å². The van der Waals surface area contributed by atoms with Crippen LogP contribution in [-0.2, 0) is 0 Å². The molecule has 120 valence electrons. The third-order valence-corrected chi connectivity index (χ3v) is 13.8. The van der Waals surface area contributed by atoms with E-state index in [-0.39, 0.29) is 0 Å². The summed E-state index contributed by atoms with van der Waals surface area (Å²) in [6.07, 6.45) is 2.81. The van der Waals surface area contributed by atoms with Gasteiger partial charge in [-0.1, -0.05) is 87.1 Å². The second-order valence-electron chi connectivity index (χ2n) is 8.83. The highest BCUT2D eigenvalue weighted by molar-refractivity contribution is 6.94. The van der Waals surface area contributed by atoms with Crippen LogP contribution in [0.2, 0.25) is 17.1 Å². The summed E-state index contributed by atoms with van der Waals surface area (Å²) in [6.45, 7) is 10.1. The third-order valence-electron chi connectivity index (χ3n) is 7.07. The molecule has 2 aromatic rings. The monoisotopic (exact) mass is 320 g/mol. The lowest BCUT2D eigenvalue weighted by Crippen LogP contribution is -2.56. The van der Waals surface area contributed by atoms with E-state index in [0.29, 0.717) is 5.04 Å². The molecular formula is C22H28Si. The topological polar surface area (TPSA) is 0 Å². The maximum atomic E-state index is 2.66. The minimum Gasteiger partial charge on any atom is -0.0646 e. The second kappa shape index (κ2) is 5.08. The van der Waals surface area contributed by atoms with Crippen LogP contribution in [0.1, 0.15) is 56.6 Å². The minimum atomic E-state index is -1.62. The molecule has 23 heavy (non-hydrogen) atoms. The van der Waals surface area contributed by atoms with E-state index in [4.69, 9.17) is 0 Å². The molecule has 0 heterocycles. The molecule has 0 saturated heterocycles. The van der Waals surface area contributed by atoms with Crippen LogP contribution in [0.3, 0.4) is 0 Å². The zero-order valence-electron chi connectivity index (χ0n) is 14.8. The quantitative estimate of drug-likeness (QED) is 0.612. The summed E-state index contributed by atoms with van der Waals surface area (Å²) >= 11 is 0. The Morgan fingerprint density at radius 3 is 2.09 bits per heavy atom. The second-order valence-corrected chi connectivity index (χ2v) is 14.1. The Morgan fingerprint density at radius 2 is 1.43 bits per heavy atom. The average Bonchev–Trinajstić information content (AvgIpc) is 3.13. The van der Waals surface area contributed by atoms with Gasteiger partial charge in [0.25, 0.3) is 0 Å². The molecule has 0 aromatic heterocycles. The molecule has 0 spiro atoms. The Balaban J connectivity index is 1.82. The van der Waals surface area contributed by atoms with Gasteiger partial charge < -0.3 is 0 Å². The smallest absolute Gasteiger partial charge is 0.0646 e. The Morgan fingerprint density at radius 1 is 0.826 bits per heavy atom. The molecule has 2 bridgehead atoms. The SMILES string of the molecule is CC(C)(C)[Si@@](C)(c1ccccc1)[C@@H]1C[C@@H]2C[C@H]1c1ccccc12. The Labute approximate surface area is 142 Å². The summed E-state index contributed by atoms with van der Waals surface area (Å²) in [5, 5.41) is 2.04. The molecule has 1 fully saturated rings. The van der Waals surface area contributed by atoms with Gasteiger partial charge in [0.15, 0.2) is 0 Å². The van der Waals surface area contributed by atoms with Crippen LogP contribution >= 0.6 is 0 Å². The van der Waals surface area contributed by atoms with E-state index >= 15 is 0 Å². The molecule has 1 heteroatoms. The first-order chi connectivity index (χ1) is 10.9. The summed E-state index contributed by atoms with van der Waals surface area (Å²) < 4.78 is 0. The molecule has 0 N–H and O–H groups in total. The van der Waals surface area contributed by atoms with Crippen molar-refractivity contribution in [2.75, 3.05) is 0 Å². The summed E-state index contributed by atoms with van der Waals surface area (Å²) in [5.74, 6) is 1.62. The van der Waals surface area contributed by atoms with E-state index in [2.05, 4.69) is 81.9 Å². The summed E-state index contributed by atoms with van der Waals surface area (Å²) in [6, 6.07) is 20.7. The van der Waals surface area contributed by atoms with Crippen LogP contribution in [0, 0.1) is 0 Å². The molecule has 0 unspecified atom stereocenters. The highest BCUT2D eigenvalue weighted by Gasteiger charge is 2.56. The number of hydrogen-bond donors (Lipinski definition) is 0. The molecule has 4 rings (SSSR count). The van der Waals surface area contributed by atoms with Gasteiger partial charge in [0.1, 0.15) is 0 Å². The molecule has 0 amide bonds. The van der Waals surface area contributed by atoms with Gasteiger partial charge in [-0.3, -0.25) is 0 Å². The van der Waals surface area contributed by atoms with Crippen molar-refractivity contribution in [1.29, 1.82) is 0 Å². The fraction of sp³-hybridized carbons (Fsp3) is 0.455. The van der Waals surface area contributed by atoms with Gasteiger partial charge in [0.05, 0.1) is 8.07 Å². The molecule has 4 atom stereocenters. The number of benzene rings is 2. The zero-order chi connectivity index (χ0) is 16.2. The lowest BCUT2D eigenvalue weighted by Gasteiger charge is -2.48. The first-order valence-electron chi connectivity index (χ1n) is 9.07. The van der Waals surface area contributed by atoms with Crippen LogP contribution in [0.15, 0.2) is 54.6 Å². The van der Waals surface area contributed by atoms with Crippen molar-refractivity contribution in [3.05, 3.63) is 65.7 Å². The Kier molecular flexibility index (Phi) is 3.35. The predicted octanol–water partition coefficient (Wildman–Crippen LogP) is 5.82. The molecule has 2 aliphatic rings. The average molecular weight is 321 g/mol. The van der Waals surface area contributed by atoms with Crippen molar-refractivity contribution in [1.82, 2.24) is 0 Å². The molecule has 1 saturated carbocycles. The maximum Gasteiger partial charge on any atom is 0.0926 e. The number of fused-ring (bicyclic) bond motifs is 5. The van der Waals surface area contributed by atoms with Crippen LogP contribution < -0.4 is 5.19 Å². The molecule has 2 aromatic carbocycles. The van der Waals surface area contributed by atoms with E-state index in [1.54, 1.807) is 16.3 Å². The van der Waals surface area contributed by atoms with Gasteiger partial charge in [0.2, 0.25) is 0 Å². The fourth-order valence-corrected chi connectivity index (χ4v) is 10.6. The van der Waals surface area contributed by atoms with E-state index in [1.165, 1.54) is 12.8 Å². The van der Waals surface area contributed by atoms with Gasteiger partial charge in [0, 0.05) is 0 Å². The van der Waals surface area contributed by atoms with E-state index in [9.17, 15) is 0 Å². The molecule has 0 nitrogen and oxygen atoms in total. The van der Waals surface area contributed by atoms with Crippen molar-refractivity contribution in [3.8, 4) is 0 Å². The van der Waals surface area contributed by atoms with Crippen LogP contribution in [0.5, 0.6) is 0 Å². The normalized spacial score (nSPS) is 28.4. The van der Waals surface area contributed by atoms with Crippen LogP contribution in [0.25, 0.3) is 0 Å². The Bertz CT molecular complexity index is 712. The van der Waals surface area contributed by atoms with Crippen molar-refractivity contribution in [3.63, 3.8) is 0 Å². The van der Waals surface area contributed by atoms with Crippen molar-refractivity contribution < 1.29 is 0 Å². The lowest BCUT2D eigenvalue weighted by molar-refractivity contribution is 0.630. The first kappa shape index (κ1) is 15.2. The zero-order valence-corrected chi connectivity index (χ0v) is 15.8. The van der Waals surface area contributed by atoms with E-state index in [1.807, 2.05) is 0 Å². The number of hydrogen-bond acceptors (Lipinski definition) is 0. The first-order valence-corrected chi connectivity index (χ1v) is 11.6. The third kappa shape index (κ3) is 2.09. The van der Waals surface area contributed by atoms with Gasteiger partial charge >= 0.3 is 0 Å². The lowest BCUT2D eigenvalue weighted by atomic mass is 9.91. The van der Waals surface area contributed by atoms with Crippen molar-refractivity contribution in [2.45, 2.75) is 62.6 Å². The summed E-state index contributed by atoms with van der Waals surface area (Å²) in [5.41, 5.74) is 4.21. The maximum absolute atomic E-state index is 2.66.